The van der Waals surface area contributed by atoms with E-state index in [0.717, 1.165) is 28.3 Å². The van der Waals surface area contributed by atoms with Crippen LogP contribution in [-0.4, -0.2) is 9.97 Å². The Hall–Kier alpha value is -3.52. The zero-order chi connectivity index (χ0) is 18.2. The minimum absolute atomic E-state index is 0.773. The Balaban J connectivity index is 1.70. The summed E-state index contributed by atoms with van der Waals surface area (Å²) in [4.78, 5) is 9.65. The molecule has 0 saturated carbocycles. The van der Waals surface area contributed by atoms with Crippen LogP contribution in [-0.2, 0) is 0 Å². The van der Waals surface area contributed by atoms with E-state index in [4.69, 9.17) is 9.97 Å². The van der Waals surface area contributed by atoms with Gasteiger partial charge < -0.3 is 0 Å². The standard InChI is InChI=1S/C25H18N2/c1-17-15-24(21-14-13-18-7-2-3-9-20(18)16-21)27-25(26-17)23-12-6-10-19-8-4-5-11-22(19)23/h2-16H,1H3. The van der Waals surface area contributed by atoms with Gasteiger partial charge in [0.1, 0.15) is 0 Å². The Morgan fingerprint density at radius 2 is 1.33 bits per heavy atom. The number of hydrogen-bond acceptors (Lipinski definition) is 2. The third kappa shape index (κ3) is 2.85. The predicted octanol–water partition coefficient (Wildman–Crippen LogP) is 6.43. The molecule has 0 radical (unpaired) electrons. The Morgan fingerprint density at radius 3 is 2.22 bits per heavy atom. The molecule has 0 bridgehead atoms. The monoisotopic (exact) mass is 346 g/mol. The summed E-state index contributed by atoms with van der Waals surface area (Å²) in [6, 6.07) is 31.6. The highest BCUT2D eigenvalue weighted by Gasteiger charge is 2.10. The smallest absolute Gasteiger partial charge is 0.160 e. The molecule has 2 heteroatoms. The van der Waals surface area contributed by atoms with Gasteiger partial charge >= 0.3 is 0 Å². The maximum atomic E-state index is 4.92. The van der Waals surface area contributed by atoms with Crippen molar-refractivity contribution in [1.82, 2.24) is 9.97 Å². The first-order valence-electron chi connectivity index (χ1n) is 9.11. The maximum absolute atomic E-state index is 4.92. The van der Waals surface area contributed by atoms with Gasteiger partial charge in [0.05, 0.1) is 5.69 Å². The fourth-order valence-electron chi connectivity index (χ4n) is 3.61. The number of aryl methyl sites for hydroxylation is 1. The largest absolute Gasteiger partial charge is 0.233 e. The van der Waals surface area contributed by atoms with Crippen LogP contribution in [0.2, 0.25) is 0 Å². The molecule has 0 aliphatic rings. The molecule has 0 saturated heterocycles. The first kappa shape index (κ1) is 15.7. The van der Waals surface area contributed by atoms with Gasteiger partial charge in [-0.1, -0.05) is 78.9 Å². The van der Waals surface area contributed by atoms with Crippen molar-refractivity contribution in [3.05, 3.63) is 96.7 Å². The molecule has 0 spiro atoms. The normalized spacial score (nSPS) is 11.1. The van der Waals surface area contributed by atoms with Crippen molar-refractivity contribution in [2.24, 2.45) is 0 Å². The van der Waals surface area contributed by atoms with Crippen molar-refractivity contribution in [3.8, 4) is 22.6 Å². The van der Waals surface area contributed by atoms with Crippen molar-refractivity contribution in [3.63, 3.8) is 0 Å². The highest BCUT2D eigenvalue weighted by atomic mass is 14.9. The van der Waals surface area contributed by atoms with Gasteiger partial charge in [0.15, 0.2) is 5.82 Å². The van der Waals surface area contributed by atoms with Crippen molar-refractivity contribution in [1.29, 1.82) is 0 Å². The fourth-order valence-corrected chi connectivity index (χ4v) is 3.61. The van der Waals surface area contributed by atoms with Gasteiger partial charge in [-0.15, -0.1) is 0 Å². The van der Waals surface area contributed by atoms with E-state index in [1.165, 1.54) is 21.5 Å². The summed E-state index contributed by atoms with van der Waals surface area (Å²) in [5.74, 6) is 0.773. The van der Waals surface area contributed by atoms with E-state index < -0.39 is 0 Å². The van der Waals surface area contributed by atoms with Crippen LogP contribution in [0.25, 0.3) is 44.2 Å². The fraction of sp³-hybridized carbons (Fsp3) is 0.0400. The topological polar surface area (TPSA) is 25.8 Å². The van der Waals surface area contributed by atoms with Crippen LogP contribution in [0.5, 0.6) is 0 Å². The molecule has 128 valence electrons. The number of benzene rings is 4. The summed E-state index contributed by atoms with van der Waals surface area (Å²) in [6.07, 6.45) is 0. The van der Waals surface area contributed by atoms with Crippen molar-refractivity contribution >= 4 is 21.5 Å². The predicted molar refractivity (Wildman–Crippen MR) is 113 cm³/mol. The van der Waals surface area contributed by atoms with E-state index in [9.17, 15) is 0 Å². The summed E-state index contributed by atoms with van der Waals surface area (Å²) in [5.41, 5.74) is 4.10. The van der Waals surface area contributed by atoms with Crippen LogP contribution < -0.4 is 0 Å². The number of fused-ring (bicyclic) bond motifs is 2. The molecular formula is C25H18N2. The minimum Gasteiger partial charge on any atom is -0.233 e. The molecule has 0 N–H and O–H groups in total. The van der Waals surface area contributed by atoms with Gasteiger partial charge in [-0.3, -0.25) is 0 Å². The Kier molecular flexibility index (Phi) is 3.68. The Morgan fingerprint density at radius 1 is 0.593 bits per heavy atom. The second-order valence-corrected chi connectivity index (χ2v) is 6.81. The van der Waals surface area contributed by atoms with E-state index in [-0.39, 0.29) is 0 Å². The van der Waals surface area contributed by atoms with E-state index in [1.807, 2.05) is 6.92 Å². The summed E-state index contributed by atoms with van der Waals surface area (Å²) < 4.78 is 0. The van der Waals surface area contributed by atoms with Gasteiger partial charge in [0, 0.05) is 16.8 Å². The molecule has 0 atom stereocenters. The lowest BCUT2D eigenvalue weighted by Crippen LogP contribution is -1.96. The van der Waals surface area contributed by atoms with E-state index in [1.54, 1.807) is 0 Å². The third-order valence-corrected chi connectivity index (χ3v) is 4.93. The lowest BCUT2D eigenvalue weighted by Gasteiger charge is -2.10. The van der Waals surface area contributed by atoms with Crippen LogP contribution in [0, 0.1) is 6.92 Å². The second-order valence-electron chi connectivity index (χ2n) is 6.81. The molecule has 5 aromatic rings. The Bertz CT molecular complexity index is 1280. The average molecular weight is 346 g/mol. The second kappa shape index (κ2) is 6.33. The van der Waals surface area contributed by atoms with Crippen molar-refractivity contribution in [2.75, 3.05) is 0 Å². The average Bonchev–Trinajstić information content (AvgIpc) is 2.72. The molecule has 27 heavy (non-hydrogen) atoms. The molecule has 0 amide bonds. The summed E-state index contributed by atoms with van der Waals surface area (Å²) in [6.45, 7) is 2.03. The van der Waals surface area contributed by atoms with Crippen LogP contribution in [0.4, 0.5) is 0 Å². The summed E-state index contributed by atoms with van der Waals surface area (Å²) in [7, 11) is 0. The quantitative estimate of drug-likeness (QED) is 0.368. The SMILES string of the molecule is Cc1cc(-c2ccc3ccccc3c2)nc(-c2cccc3ccccc23)n1. The van der Waals surface area contributed by atoms with Crippen LogP contribution in [0.1, 0.15) is 5.69 Å². The van der Waals surface area contributed by atoms with Crippen LogP contribution in [0.15, 0.2) is 91.0 Å². The summed E-state index contributed by atoms with van der Waals surface area (Å²) >= 11 is 0. The highest BCUT2D eigenvalue weighted by molar-refractivity contribution is 5.95. The number of nitrogens with zero attached hydrogens (tertiary/aromatic N) is 2. The van der Waals surface area contributed by atoms with Gasteiger partial charge in [0.2, 0.25) is 0 Å². The number of rotatable bonds is 2. The molecule has 5 rings (SSSR count). The molecule has 0 aliphatic heterocycles. The molecule has 2 nitrogen and oxygen atoms in total. The van der Waals surface area contributed by atoms with E-state index in [2.05, 4.69) is 91.0 Å². The third-order valence-electron chi connectivity index (χ3n) is 4.93. The maximum Gasteiger partial charge on any atom is 0.160 e. The van der Waals surface area contributed by atoms with Crippen LogP contribution in [0.3, 0.4) is 0 Å². The molecule has 0 unspecified atom stereocenters. The first-order valence-corrected chi connectivity index (χ1v) is 9.11. The van der Waals surface area contributed by atoms with Crippen molar-refractivity contribution < 1.29 is 0 Å². The Labute approximate surface area is 158 Å². The van der Waals surface area contributed by atoms with Crippen LogP contribution >= 0.6 is 0 Å². The lowest BCUT2D eigenvalue weighted by molar-refractivity contribution is 1.12. The van der Waals surface area contributed by atoms with Gasteiger partial charge in [-0.25, -0.2) is 9.97 Å². The van der Waals surface area contributed by atoms with Gasteiger partial charge in [0.25, 0.3) is 0 Å². The van der Waals surface area contributed by atoms with Crippen molar-refractivity contribution in [2.45, 2.75) is 6.92 Å². The lowest BCUT2D eigenvalue weighted by atomic mass is 10.0. The summed E-state index contributed by atoms with van der Waals surface area (Å²) in [5, 5.41) is 4.83. The molecule has 1 heterocycles. The molecule has 1 aromatic heterocycles. The first-order chi connectivity index (χ1) is 13.3. The molecule has 0 fully saturated rings. The molecule has 4 aromatic carbocycles. The highest BCUT2D eigenvalue weighted by Crippen LogP contribution is 2.29. The molecule has 0 aliphatic carbocycles. The number of hydrogen-bond donors (Lipinski definition) is 0. The van der Waals surface area contributed by atoms with Gasteiger partial charge in [-0.2, -0.15) is 0 Å². The van der Waals surface area contributed by atoms with E-state index in [0.29, 0.717) is 0 Å². The number of aromatic nitrogens is 2. The zero-order valence-corrected chi connectivity index (χ0v) is 15.1. The van der Waals surface area contributed by atoms with E-state index >= 15 is 0 Å². The molecular weight excluding hydrogens is 328 g/mol. The minimum atomic E-state index is 0.773. The zero-order valence-electron chi connectivity index (χ0n) is 15.1. The van der Waals surface area contributed by atoms with Gasteiger partial charge in [-0.05, 0) is 40.6 Å².